The number of rotatable bonds is 2. The Bertz CT molecular complexity index is 703. The minimum absolute atomic E-state index is 0.0363. The Hall–Kier alpha value is -2.15. The fourth-order valence-corrected chi connectivity index (χ4v) is 2.45. The number of amides is 1. The van der Waals surface area contributed by atoms with Gasteiger partial charge in [0.15, 0.2) is 5.17 Å². The fraction of sp³-hybridized carbons (Fsp3) is 0.167. The van der Waals surface area contributed by atoms with Crippen LogP contribution in [-0.2, 0) is 11.8 Å². The lowest BCUT2D eigenvalue weighted by molar-refractivity contribution is -0.116. The SMILES string of the molecule is Cn1cc2cccc(C=NN=C3NC(=O)CS3)c2n1. The van der Waals surface area contributed by atoms with E-state index in [1.54, 1.807) is 10.9 Å². The molecule has 0 aliphatic carbocycles. The summed E-state index contributed by atoms with van der Waals surface area (Å²) in [4.78, 5) is 11.0. The molecule has 2 aromatic rings. The first-order valence-electron chi connectivity index (χ1n) is 5.68. The number of nitrogens with zero attached hydrogens (tertiary/aromatic N) is 4. The molecule has 1 aliphatic rings. The van der Waals surface area contributed by atoms with Crippen LogP contribution >= 0.6 is 11.8 Å². The Morgan fingerprint density at radius 1 is 1.53 bits per heavy atom. The van der Waals surface area contributed by atoms with Crippen molar-refractivity contribution in [1.82, 2.24) is 15.1 Å². The summed E-state index contributed by atoms with van der Waals surface area (Å²) in [7, 11) is 1.88. The van der Waals surface area contributed by atoms with Crippen LogP contribution < -0.4 is 5.32 Å². The zero-order valence-corrected chi connectivity index (χ0v) is 11.0. The van der Waals surface area contributed by atoms with Crippen LogP contribution in [0.5, 0.6) is 0 Å². The van der Waals surface area contributed by atoms with Gasteiger partial charge >= 0.3 is 0 Å². The van der Waals surface area contributed by atoms with E-state index in [1.807, 2.05) is 31.4 Å². The maximum atomic E-state index is 11.0. The quantitative estimate of drug-likeness (QED) is 0.658. The number of thioether (sulfide) groups is 1. The first-order valence-corrected chi connectivity index (χ1v) is 6.67. The molecule has 19 heavy (non-hydrogen) atoms. The molecule has 1 amide bonds. The van der Waals surface area contributed by atoms with Crippen molar-refractivity contribution >= 4 is 40.0 Å². The van der Waals surface area contributed by atoms with Crippen molar-refractivity contribution in [3.8, 4) is 0 Å². The second-order valence-electron chi connectivity index (χ2n) is 4.07. The summed E-state index contributed by atoms with van der Waals surface area (Å²) in [5, 5.41) is 16.6. The molecular formula is C12H11N5OS. The molecule has 3 rings (SSSR count). The molecule has 0 spiro atoms. The first kappa shape index (κ1) is 11.9. The van der Waals surface area contributed by atoms with Gasteiger partial charge in [0.2, 0.25) is 5.91 Å². The number of aromatic nitrogens is 2. The van der Waals surface area contributed by atoms with Crippen LogP contribution in [0, 0.1) is 0 Å². The third-order valence-corrected chi connectivity index (χ3v) is 3.48. The normalized spacial score (nSPS) is 17.7. The van der Waals surface area contributed by atoms with Crippen molar-refractivity contribution in [3.63, 3.8) is 0 Å². The van der Waals surface area contributed by atoms with Gasteiger partial charge in [0.25, 0.3) is 0 Å². The van der Waals surface area contributed by atoms with Crippen molar-refractivity contribution in [2.45, 2.75) is 0 Å². The van der Waals surface area contributed by atoms with E-state index in [0.29, 0.717) is 10.9 Å². The molecule has 0 saturated carbocycles. The molecule has 0 unspecified atom stereocenters. The zero-order chi connectivity index (χ0) is 13.2. The summed E-state index contributed by atoms with van der Waals surface area (Å²) in [6.07, 6.45) is 3.60. The van der Waals surface area contributed by atoms with Crippen LogP contribution in [0.1, 0.15) is 5.56 Å². The number of fused-ring (bicyclic) bond motifs is 1. The van der Waals surface area contributed by atoms with E-state index < -0.39 is 0 Å². The number of benzene rings is 1. The summed E-state index contributed by atoms with van der Waals surface area (Å²) in [6.45, 7) is 0. The highest BCUT2D eigenvalue weighted by atomic mass is 32.2. The lowest BCUT2D eigenvalue weighted by atomic mass is 10.2. The second kappa shape index (κ2) is 4.85. The van der Waals surface area contributed by atoms with Gasteiger partial charge in [0.1, 0.15) is 5.52 Å². The molecule has 1 N–H and O–H groups in total. The van der Waals surface area contributed by atoms with Gasteiger partial charge in [0.05, 0.1) is 12.0 Å². The third-order valence-electron chi connectivity index (χ3n) is 2.61. The number of aryl methyl sites for hydroxylation is 1. The van der Waals surface area contributed by atoms with Gasteiger partial charge in [-0.2, -0.15) is 10.2 Å². The van der Waals surface area contributed by atoms with E-state index in [4.69, 9.17) is 0 Å². The van der Waals surface area contributed by atoms with Crippen molar-refractivity contribution < 1.29 is 4.79 Å². The average Bonchev–Trinajstić information content (AvgIpc) is 2.95. The lowest BCUT2D eigenvalue weighted by Gasteiger charge is -1.93. The topological polar surface area (TPSA) is 71.6 Å². The van der Waals surface area contributed by atoms with E-state index in [0.717, 1.165) is 16.5 Å². The molecule has 0 atom stereocenters. The predicted molar refractivity (Wildman–Crippen MR) is 76.3 cm³/mol. The molecule has 1 aliphatic heterocycles. The number of hydrogen-bond donors (Lipinski definition) is 1. The minimum Gasteiger partial charge on any atom is -0.303 e. The number of amidine groups is 1. The number of carbonyl (C=O) groups is 1. The molecule has 0 bridgehead atoms. The smallest absolute Gasteiger partial charge is 0.236 e. The largest absolute Gasteiger partial charge is 0.303 e. The van der Waals surface area contributed by atoms with Crippen LogP contribution in [0.4, 0.5) is 0 Å². The zero-order valence-electron chi connectivity index (χ0n) is 10.2. The number of nitrogens with one attached hydrogen (secondary N) is 1. The van der Waals surface area contributed by atoms with Gasteiger partial charge < -0.3 is 5.32 Å². The van der Waals surface area contributed by atoms with Gasteiger partial charge in [0, 0.05) is 24.2 Å². The summed E-state index contributed by atoms with van der Waals surface area (Å²) >= 11 is 1.35. The number of hydrogen-bond acceptors (Lipinski definition) is 5. The van der Waals surface area contributed by atoms with Crippen LogP contribution in [0.25, 0.3) is 10.9 Å². The van der Waals surface area contributed by atoms with Crippen LogP contribution in [0.2, 0.25) is 0 Å². The Kier molecular flexibility index (Phi) is 3.04. The standard InChI is InChI=1S/C12H11N5OS/c1-17-6-9-4-2-3-8(11(9)16-17)5-13-15-12-14-10(18)7-19-12/h2-6H,7H2,1H3,(H,14,15,18). The summed E-state index contributed by atoms with van der Waals surface area (Å²) in [5.41, 5.74) is 1.79. The molecule has 0 radical (unpaired) electrons. The number of carbonyl (C=O) groups excluding carboxylic acids is 1. The molecule has 2 heterocycles. The van der Waals surface area contributed by atoms with Gasteiger partial charge in [-0.25, -0.2) is 0 Å². The lowest BCUT2D eigenvalue weighted by Crippen LogP contribution is -2.19. The van der Waals surface area contributed by atoms with Crippen LogP contribution in [0.3, 0.4) is 0 Å². The van der Waals surface area contributed by atoms with Crippen molar-refractivity contribution in [2.24, 2.45) is 17.3 Å². The summed E-state index contributed by atoms with van der Waals surface area (Å²) in [5.74, 6) is 0.371. The maximum absolute atomic E-state index is 11.0. The monoisotopic (exact) mass is 273 g/mol. The molecule has 96 valence electrons. The fourth-order valence-electron chi connectivity index (χ4n) is 1.81. The molecule has 1 aromatic carbocycles. The van der Waals surface area contributed by atoms with E-state index in [-0.39, 0.29) is 5.91 Å². The molecule has 1 fully saturated rings. The first-order chi connectivity index (χ1) is 9.22. The van der Waals surface area contributed by atoms with Gasteiger partial charge in [-0.15, -0.1) is 5.10 Å². The Morgan fingerprint density at radius 2 is 2.42 bits per heavy atom. The van der Waals surface area contributed by atoms with Crippen LogP contribution in [0.15, 0.2) is 34.6 Å². The molecular weight excluding hydrogens is 262 g/mol. The highest BCUT2D eigenvalue weighted by Crippen LogP contribution is 2.15. The van der Waals surface area contributed by atoms with Gasteiger partial charge in [-0.05, 0) is 0 Å². The molecule has 1 aromatic heterocycles. The average molecular weight is 273 g/mol. The van der Waals surface area contributed by atoms with E-state index in [1.165, 1.54) is 11.8 Å². The van der Waals surface area contributed by atoms with Crippen molar-refractivity contribution in [3.05, 3.63) is 30.0 Å². The molecule has 1 saturated heterocycles. The highest BCUT2D eigenvalue weighted by molar-refractivity contribution is 8.15. The predicted octanol–water partition coefficient (Wildman–Crippen LogP) is 1.13. The summed E-state index contributed by atoms with van der Waals surface area (Å²) < 4.78 is 1.76. The highest BCUT2D eigenvalue weighted by Gasteiger charge is 2.15. The van der Waals surface area contributed by atoms with E-state index >= 15 is 0 Å². The molecule has 7 heteroatoms. The van der Waals surface area contributed by atoms with Crippen molar-refractivity contribution in [2.75, 3.05) is 5.75 Å². The van der Waals surface area contributed by atoms with Crippen molar-refractivity contribution in [1.29, 1.82) is 0 Å². The Morgan fingerprint density at radius 3 is 3.21 bits per heavy atom. The maximum Gasteiger partial charge on any atom is 0.236 e. The second-order valence-corrected chi connectivity index (χ2v) is 5.04. The Labute approximate surface area is 113 Å². The van der Waals surface area contributed by atoms with Gasteiger partial charge in [-0.3, -0.25) is 9.48 Å². The molecule has 6 nitrogen and oxygen atoms in total. The summed E-state index contributed by atoms with van der Waals surface area (Å²) in [6, 6.07) is 5.88. The van der Waals surface area contributed by atoms with Gasteiger partial charge in [-0.1, -0.05) is 30.0 Å². The Balaban J connectivity index is 1.87. The van der Waals surface area contributed by atoms with E-state index in [9.17, 15) is 4.79 Å². The third kappa shape index (κ3) is 2.50. The van der Waals surface area contributed by atoms with Crippen LogP contribution in [-0.4, -0.2) is 32.8 Å². The minimum atomic E-state index is -0.0363. The van der Waals surface area contributed by atoms with E-state index in [2.05, 4.69) is 20.6 Å².